The van der Waals surface area contributed by atoms with Crippen LogP contribution in [0.4, 0.5) is 0 Å². The number of aromatic nitrogens is 3. The smallest absolute Gasteiger partial charge is 0.240 e. The predicted octanol–water partition coefficient (Wildman–Crippen LogP) is 1.12. The fourth-order valence-corrected chi connectivity index (χ4v) is 3.37. The first-order valence-corrected chi connectivity index (χ1v) is 9.89. The lowest BCUT2D eigenvalue weighted by Gasteiger charge is -2.12. The maximum absolute atomic E-state index is 12.2. The van der Waals surface area contributed by atoms with Crippen LogP contribution in [0.2, 0.25) is 5.02 Å². The highest BCUT2D eigenvalue weighted by molar-refractivity contribution is 14.0. The molecule has 0 aliphatic heterocycles. The quantitative estimate of drug-likeness (QED) is 0.205. The molecule has 9 nitrogen and oxygen atoms in total. The summed E-state index contributed by atoms with van der Waals surface area (Å²) in [6.45, 7) is 3.55. The van der Waals surface area contributed by atoms with Crippen molar-refractivity contribution in [2.45, 2.75) is 18.4 Å². The van der Waals surface area contributed by atoms with Crippen LogP contribution in [0.15, 0.2) is 40.5 Å². The van der Waals surface area contributed by atoms with E-state index in [1.165, 1.54) is 18.5 Å². The van der Waals surface area contributed by atoms with Gasteiger partial charge in [0, 0.05) is 31.7 Å². The maximum atomic E-state index is 12.2. The van der Waals surface area contributed by atoms with Gasteiger partial charge in [0.25, 0.3) is 0 Å². The van der Waals surface area contributed by atoms with Gasteiger partial charge < -0.3 is 10.6 Å². The van der Waals surface area contributed by atoms with E-state index in [9.17, 15) is 8.42 Å². The van der Waals surface area contributed by atoms with Crippen molar-refractivity contribution in [3.05, 3.63) is 41.4 Å². The van der Waals surface area contributed by atoms with E-state index < -0.39 is 10.0 Å². The van der Waals surface area contributed by atoms with Crippen LogP contribution in [0.1, 0.15) is 12.7 Å². The van der Waals surface area contributed by atoms with Gasteiger partial charge in [0.15, 0.2) is 5.96 Å². The second-order valence-corrected chi connectivity index (χ2v) is 7.48. The normalized spacial score (nSPS) is 11.7. The Morgan fingerprint density at radius 1 is 1.30 bits per heavy atom. The van der Waals surface area contributed by atoms with Crippen molar-refractivity contribution in [1.82, 2.24) is 30.1 Å². The predicted molar refractivity (Wildman–Crippen MR) is 116 cm³/mol. The number of nitrogens with zero attached hydrogens (tertiary/aromatic N) is 4. The molecule has 0 aliphatic carbocycles. The Hall–Kier alpha value is -1.44. The molecule has 0 unspecified atom stereocenters. The van der Waals surface area contributed by atoms with Crippen molar-refractivity contribution >= 4 is 51.6 Å². The molecule has 0 saturated carbocycles. The third-order valence-electron chi connectivity index (χ3n) is 3.34. The molecule has 3 N–H and O–H groups in total. The van der Waals surface area contributed by atoms with Gasteiger partial charge in [-0.1, -0.05) is 17.7 Å². The van der Waals surface area contributed by atoms with Crippen LogP contribution >= 0.6 is 35.6 Å². The van der Waals surface area contributed by atoms with Gasteiger partial charge in [-0.05, 0) is 25.1 Å². The first-order chi connectivity index (χ1) is 12.4. The van der Waals surface area contributed by atoms with E-state index in [1.807, 2.05) is 6.92 Å². The third kappa shape index (κ3) is 7.60. The summed E-state index contributed by atoms with van der Waals surface area (Å²) >= 11 is 5.84. The molecule has 0 atom stereocenters. The fourth-order valence-electron chi connectivity index (χ4n) is 2.04. The highest BCUT2D eigenvalue weighted by Gasteiger charge is 2.13. The number of sulfonamides is 1. The van der Waals surface area contributed by atoms with Crippen LogP contribution in [0.25, 0.3) is 0 Å². The van der Waals surface area contributed by atoms with Gasteiger partial charge in [0.2, 0.25) is 10.0 Å². The van der Waals surface area contributed by atoms with Gasteiger partial charge in [-0.3, -0.25) is 4.68 Å². The largest absolute Gasteiger partial charge is 0.357 e. The van der Waals surface area contributed by atoms with Gasteiger partial charge in [0.05, 0.1) is 4.90 Å². The van der Waals surface area contributed by atoms with E-state index in [0.717, 1.165) is 5.82 Å². The Morgan fingerprint density at radius 2 is 2.07 bits per heavy atom. The molecule has 0 aliphatic rings. The molecule has 0 spiro atoms. The van der Waals surface area contributed by atoms with Crippen LogP contribution < -0.4 is 15.4 Å². The van der Waals surface area contributed by atoms with Gasteiger partial charge in [-0.2, -0.15) is 5.10 Å². The Balaban J connectivity index is 0.00000364. The summed E-state index contributed by atoms with van der Waals surface area (Å²) in [4.78, 5) is 8.63. The number of hydrogen-bond donors (Lipinski definition) is 3. The molecule has 150 valence electrons. The van der Waals surface area contributed by atoms with Gasteiger partial charge >= 0.3 is 0 Å². The van der Waals surface area contributed by atoms with Crippen LogP contribution in [-0.4, -0.2) is 48.8 Å². The molecular weight excluding hydrogens is 505 g/mol. The van der Waals surface area contributed by atoms with E-state index in [2.05, 4.69) is 30.4 Å². The van der Waals surface area contributed by atoms with Crippen molar-refractivity contribution in [3.8, 4) is 0 Å². The molecule has 2 aromatic rings. The first kappa shape index (κ1) is 23.6. The molecule has 0 amide bonds. The van der Waals surface area contributed by atoms with Crippen LogP contribution in [0.5, 0.6) is 0 Å². The monoisotopic (exact) mass is 527 g/mol. The molecule has 0 radical (unpaired) electrons. The molecule has 0 bridgehead atoms. The standard InChI is InChI=1S/C15H22ClN7O2S.HI/c1-3-17-15(19-10-14-20-11-21-23(14)2)18-7-8-22-26(24,25)13-6-4-5-12(16)9-13;/h4-6,9,11,22H,3,7-8,10H2,1-2H3,(H2,17,18,19);1H. The molecule has 27 heavy (non-hydrogen) atoms. The molecule has 2 rings (SSSR count). The van der Waals surface area contributed by atoms with Crippen molar-refractivity contribution in [1.29, 1.82) is 0 Å². The SMILES string of the molecule is CCNC(=NCc1ncnn1C)NCCNS(=O)(=O)c1cccc(Cl)c1.I. The van der Waals surface area contributed by atoms with Gasteiger partial charge in [-0.15, -0.1) is 24.0 Å². The Morgan fingerprint density at radius 3 is 2.70 bits per heavy atom. The molecule has 1 heterocycles. The van der Waals surface area contributed by atoms with Crippen molar-refractivity contribution in [3.63, 3.8) is 0 Å². The fraction of sp³-hybridized carbons (Fsp3) is 0.400. The summed E-state index contributed by atoms with van der Waals surface area (Å²) in [6, 6.07) is 6.12. The van der Waals surface area contributed by atoms with E-state index in [-0.39, 0.29) is 35.4 Å². The number of aryl methyl sites for hydroxylation is 1. The van der Waals surface area contributed by atoms with Crippen molar-refractivity contribution in [2.24, 2.45) is 12.0 Å². The summed E-state index contributed by atoms with van der Waals surface area (Å²) in [5.41, 5.74) is 0. The highest BCUT2D eigenvalue weighted by Crippen LogP contribution is 2.14. The number of guanidine groups is 1. The van der Waals surface area contributed by atoms with Crippen LogP contribution in [0, 0.1) is 0 Å². The second kappa shape index (κ2) is 11.4. The molecule has 0 saturated heterocycles. The number of hydrogen-bond acceptors (Lipinski definition) is 5. The maximum Gasteiger partial charge on any atom is 0.240 e. The number of benzene rings is 1. The zero-order chi connectivity index (χ0) is 19.0. The minimum atomic E-state index is -3.60. The molecule has 1 aromatic carbocycles. The summed E-state index contributed by atoms with van der Waals surface area (Å²) in [5, 5.41) is 10.5. The zero-order valence-electron chi connectivity index (χ0n) is 15.0. The number of halogens is 2. The minimum absolute atomic E-state index is 0. The minimum Gasteiger partial charge on any atom is -0.357 e. The number of aliphatic imine (C=N–C) groups is 1. The van der Waals surface area contributed by atoms with Crippen molar-refractivity contribution < 1.29 is 8.42 Å². The van der Waals surface area contributed by atoms with Gasteiger partial charge in [0.1, 0.15) is 18.7 Å². The first-order valence-electron chi connectivity index (χ1n) is 8.02. The summed E-state index contributed by atoms with van der Waals surface area (Å²) < 4.78 is 28.6. The second-order valence-electron chi connectivity index (χ2n) is 5.28. The van der Waals surface area contributed by atoms with Crippen LogP contribution in [0.3, 0.4) is 0 Å². The summed E-state index contributed by atoms with van der Waals surface area (Å²) in [7, 11) is -1.81. The number of rotatable bonds is 8. The van der Waals surface area contributed by atoms with Crippen molar-refractivity contribution in [2.75, 3.05) is 19.6 Å². The highest BCUT2D eigenvalue weighted by atomic mass is 127. The van der Waals surface area contributed by atoms with Crippen LogP contribution in [-0.2, 0) is 23.6 Å². The average Bonchev–Trinajstić information content (AvgIpc) is 3.01. The lowest BCUT2D eigenvalue weighted by Crippen LogP contribution is -2.41. The van der Waals surface area contributed by atoms with Gasteiger partial charge in [-0.25, -0.2) is 23.1 Å². The van der Waals surface area contributed by atoms with E-state index in [0.29, 0.717) is 30.6 Å². The Kier molecular flexibility index (Phi) is 9.98. The van der Waals surface area contributed by atoms with E-state index >= 15 is 0 Å². The lowest BCUT2D eigenvalue weighted by molar-refractivity contribution is 0.580. The number of nitrogens with one attached hydrogen (secondary N) is 3. The summed E-state index contributed by atoms with van der Waals surface area (Å²) in [5.74, 6) is 1.29. The lowest BCUT2D eigenvalue weighted by atomic mass is 10.4. The molecule has 12 heteroatoms. The third-order valence-corrected chi connectivity index (χ3v) is 5.04. The zero-order valence-corrected chi connectivity index (χ0v) is 18.9. The van der Waals surface area contributed by atoms with E-state index in [1.54, 1.807) is 23.9 Å². The molecule has 0 fully saturated rings. The Bertz CT molecular complexity index is 857. The Labute approximate surface area is 181 Å². The molecule has 1 aromatic heterocycles. The molecular formula is C15H23ClIN7O2S. The summed E-state index contributed by atoms with van der Waals surface area (Å²) in [6.07, 6.45) is 1.47. The average molecular weight is 528 g/mol. The van der Waals surface area contributed by atoms with E-state index in [4.69, 9.17) is 11.6 Å². The topological polar surface area (TPSA) is 113 Å².